The fraction of sp³-hybridized carbons (Fsp3) is 0.267. The van der Waals surface area contributed by atoms with Gasteiger partial charge in [0.2, 0.25) is 0 Å². The van der Waals surface area contributed by atoms with Crippen LogP contribution in [0, 0.1) is 18.8 Å². The Morgan fingerprint density at radius 1 is 1.45 bits per heavy atom. The highest BCUT2D eigenvalue weighted by Crippen LogP contribution is 2.16. The van der Waals surface area contributed by atoms with Gasteiger partial charge < -0.3 is 14.8 Å². The molecule has 0 radical (unpaired) electrons. The van der Waals surface area contributed by atoms with Crippen molar-refractivity contribution in [1.82, 2.24) is 5.32 Å². The van der Waals surface area contributed by atoms with Gasteiger partial charge >= 0.3 is 0 Å². The second kappa shape index (κ2) is 6.94. The number of hydrogen-bond donors (Lipinski definition) is 2. The average Bonchev–Trinajstić information content (AvgIpc) is 3.05. The molecule has 2 N–H and O–H groups in total. The van der Waals surface area contributed by atoms with Gasteiger partial charge in [-0.25, -0.2) is 0 Å². The van der Waals surface area contributed by atoms with Crippen molar-refractivity contribution in [3.8, 4) is 11.8 Å². The second-order valence-corrected chi connectivity index (χ2v) is 5.33. The number of rotatable bonds is 4. The Hall–Kier alpha value is -2.03. The first-order valence-corrected chi connectivity index (χ1v) is 7.03. The Morgan fingerprint density at radius 3 is 3.00 bits per heavy atom. The number of aliphatic hydroxyl groups excluding tert-OH is 1. The van der Waals surface area contributed by atoms with Crippen LogP contribution in [0.5, 0.6) is 0 Å². The van der Waals surface area contributed by atoms with Crippen LogP contribution in [0.2, 0.25) is 0 Å². The topological polar surface area (TPSA) is 62.5 Å². The van der Waals surface area contributed by atoms with Gasteiger partial charge in [-0.05, 0) is 25.1 Å². The van der Waals surface area contributed by atoms with Gasteiger partial charge in [-0.1, -0.05) is 11.8 Å². The fourth-order valence-electron chi connectivity index (χ4n) is 1.60. The van der Waals surface area contributed by atoms with Crippen LogP contribution in [0.4, 0.5) is 0 Å². The van der Waals surface area contributed by atoms with Crippen LogP contribution < -0.4 is 5.32 Å². The van der Waals surface area contributed by atoms with Crippen molar-refractivity contribution >= 4 is 17.2 Å². The standard InChI is InChI=1S/C15H15NO3S/c1-11-7-9-19-14(11)15(18)16-10-13-6-5-12(20-13)4-2-3-8-17/h5-7,9,17H,3,8,10H2,1H3,(H,16,18). The number of amides is 1. The number of furan rings is 1. The van der Waals surface area contributed by atoms with Crippen LogP contribution in [0.25, 0.3) is 0 Å². The summed E-state index contributed by atoms with van der Waals surface area (Å²) in [6, 6.07) is 5.60. The Bertz CT molecular complexity index is 645. The molecule has 2 rings (SSSR count). The molecule has 0 spiro atoms. The highest BCUT2D eigenvalue weighted by Gasteiger charge is 2.12. The van der Waals surface area contributed by atoms with E-state index in [9.17, 15) is 4.79 Å². The summed E-state index contributed by atoms with van der Waals surface area (Å²) >= 11 is 1.53. The monoisotopic (exact) mass is 289 g/mol. The number of thiophene rings is 1. The predicted molar refractivity (Wildman–Crippen MR) is 77.5 cm³/mol. The van der Waals surface area contributed by atoms with E-state index in [2.05, 4.69) is 17.2 Å². The van der Waals surface area contributed by atoms with E-state index in [1.165, 1.54) is 17.6 Å². The quantitative estimate of drug-likeness (QED) is 0.849. The molecule has 5 heteroatoms. The molecule has 0 fully saturated rings. The minimum Gasteiger partial charge on any atom is -0.459 e. The maximum Gasteiger partial charge on any atom is 0.287 e. The zero-order valence-electron chi connectivity index (χ0n) is 11.1. The predicted octanol–water partition coefficient (Wildman–Crippen LogP) is 2.31. The molecule has 0 aliphatic rings. The molecule has 0 aliphatic heterocycles. The molecule has 0 aromatic carbocycles. The summed E-state index contributed by atoms with van der Waals surface area (Å²) in [6.07, 6.45) is 1.98. The van der Waals surface area contributed by atoms with E-state index in [-0.39, 0.29) is 12.5 Å². The van der Waals surface area contributed by atoms with E-state index in [4.69, 9.17) is 9.52 Å². The maximum absolute atomic E-state index is 11.9. The lowest BCUT2D eigenvalue weighted by molar-refractivity contribution is 0.0922. The number of carbonyl (C=O) groups is 1. The molecule has 0 bridgehead atoms. The highest BCUT2D eigenvalue weighted by atomic mass is 32.1. The minimum absolute atomic E-state index is 0.0732. The van der Waals surface area contributed by atoms with E-state index in [0.717, 1.165) is 15.3 Å². The maximum atomic E-state index is 11.9. The van der Waals surface area contributed by atoms with Gasteiger partial charge in [0.05, 0.1) is 24.3 Å². The Balaban J connectivity index is 1.90. The molecule has 1 amide bonds. The Labute approximate surface area is 121 Å². The van der Waals surface area contributed by atoms with E-state index in [1.807, 2.05) is 19.1 Å². The summed E-state index contributed by atoms with van der Waals surface area (Å²) in [7, 11) is 0. The number of nitrogens with one attached hydrogen (secondary N) is 1. The number of hydrogen-bond acceptors (Lipinski definition) is 4. The lowest BCUT2D eigenvalue weighted by Crippen LogP contribution is -2.22. The van der Waals surface area contributed by atoms with Gasteiger partial charge in [0.1, 0.15) is 0 Å². The van der Waals surface area contributed by atoms with Crippen molar-refractivity contribution in [3.63, 3.8) is 0 Å². The van der Waals surface area contributed by atoms with Crippen LogP contribution in [0.1, 0.15) is 32.3 Å². The van der Waals surface area contributed by atoms with E-state index >= 15 is 0 Å². The average molecular weight is 289 g/mol. The summed E-state index contributed by atoms with van der Waals surface area (Å²) in [4.78, 5) is 13.8. The zero-order chi connectivity index (χ0) is 14.4. The lowest BCUT2D eigenvalue weighted by atomic mass is 10.2. The van der Waals surface area contributed by atoms with Crippen LogP contribution in [-0.2, 0) is 6.54 Å². The third-order valence-corrected chi connectivity index (χ3v) is 3.60. The minimum atomic E-state index is -0.214. The van der Waals surface area contributed by atoms with Crippen LogP contribution >= 0.6 is 11.3 Å². The fourth-order valence-corrected chi connectivity index (χ4v) is 2.42. The summed E-state index contributed by atoms with van der Waals surface area (Å²) in [5.74, 6) is 5.97. The van der Waals surface area contributed by atoms with Gasteiger partial charge in [0, 0.05) is 16.9 Å². The number of carbonyl (C=O) groups excluding carboxylic acids is 1. The van der Waals surface area contributed by atoms with Crippen molar-refractivity contribution in [2.45, 2.75) is 19.9 Å². The molecule has 2 aromatic heterocycles. The van der Waals surface area contributed by atoms with E-state index in [0.29, 0.717) is 18.7 Å². The van der Waals surface area contributed by atoms with E-state index in [1.54, 1.807) is 6.07 Å². The lowest BCUT2D eigenvalue weighted by Gasteiger charge is -2.01. The van der Waals surface area contributed by atoms with Crippen LogP contribution in [0.3, 0.4) is 0 Å². The Kier molecular flexibility index (Phi) is 4.99. The van der Waals surface area contributed by atoms with Crippen molar-refractivity contribution in [3.05, 3.63) is 45.5 Å². The molecule has 104 valence electrons. The smallest absolute Gasteiger partial charge is 0.287 e. The van der Waals surface area contributed by atoms with Crippen LogP contribution in [0.15, 0.2) is 28.9 Å². The van der Waals surface area contributed by atoms with Crippen molar-refractivity contribution in [2.24, 2.45) is 0 Å². The largest absolute Gasteiger partial charge is 0.459 e. The molecule has 0 saturated carbocycles. The summed E-state index contributed by atoms with van der Waals surface area (Å²) in [5.41, 5.74) is 0.823. The molecule has 4 nitrogen and oxygen atoms in total. The Morgan fingerprint density at radius 2 is 2.30 bits per heavy atom. The van der Waals surface area contributed by atoms with Gasteiger partial charge in [-0.3, -0.25) is 4.79 Å². The third-order valence-electron chi connectivity index (χ3n) is 2.60. The molecule has 0 atom stereocenters. The second-order valence-electron chi connectivity index (χ2n) is 4.16. The van der Waals surface area contributed by atoms with Gasteiger partial charge in [-0.15, -0.1) is 11.3 Å². The number of aliphatic hydroxyl groups is 1. The summed E-state index contributed by atoms with van der Waals surface area (Å²) in [5, 5.41) is 11.5. The van der Waals surface area contributed by atoms with Crippen LogP contribution in [-0.4, -0.2) is 17.6 Å². The number of aryl methyl sites for hydroxylation is 1. The first kappa shape index (κ1) is 14.4. The molecule has 2 heterocycles. The SMILES string of the molecule is Cc1ccoc1C(=O)NCc1ccc(C#CCCO)s1. The molecule has 0 unspecified atom stereocenters. The molecule has 20 heavy (non-hydrogen) atoms. The van der Waals surface area contributed by atoms with Crippen molar-refractivity contribution in [1.29, 1.82) is 0 Å². The molecular weight excluding hydrogens is 274 g/mol. The summed E-state index contributed by atoms with van der Waals surface area (Å²) in [6.45, 7) is 2.35. The van der Waals surface area contributed by atoms with Crippen molar-refractivity contribution < 1.29 is 14.3 Å². The summed E-state index contributed by atoms with van der Waals surface area (Å²) < 4.78 is 5.13. The zero-order valence-corrected chi connectivity index (χ0v) is 11.9. The van der Waals surface area contributed by atoms with Gasteiger partial charge in [-0.2, -0.15) is 0 Å². The molecule has 0 aliphatic carbocycles. The molecule has 0 saturated heterocycles. The van der Waals surface area contributed by atoms with Gasteiger partial charge in [0.15, 0.2) is 5.76 Å². The molecular formula is C15H15NO3S. The first-order chi connectivity index (χ1) is 9.70. The first-order valence-electron chi connectivity index (χ1n) is 6.21. The van der Waals surface area contributed by atoms with Crippen molar-refractivity contribution in [2.75, 3.05) is 6.61 Å². The normalized spacial score (nSPS) is 9.90. The molecule has 2 aromatic rings. The third kappa shape index (κ3) is 3.73. The van der Waals surface area contributed by atoms with Gasteiger partial charge in [0.25, 0.3) is 5.91 Å². The van der Waals surface area contributed by atoms with E-state index < -0.39 is 0 Å². The highest BCUT2D eigenvalue weighted by molar-refractivity contribution is 7.12.